The van der Waals surface area contributed by atoms with Gasteiger partial charge in [0.2, 0.25) is 0 Å². The van der Waals surface area contributed by atoms with E-state index in [1.54, 1.807) is 0 Å². The summed E-state index contributed by atoms with van der Waals surface area (Å²) in [6.07, 6.45) is 4.99. The number of rotatable bonds is 5. The highest BCUT2D eigenvalue weighted by atomic mass is 79.9. The van der Waals surface area contributed by atoms with Gasteiger partial charge < -0.3 is 5.32 Å². The van der Waals surface area contributed by atoms with Crippen molar-refractivity contribution >= 4 is 31.5 Å². The first-order chi connectivity index (χ1) is 9.08. The molecule has 1 fully saturated rings. The molecule has 0 bridgehead atoms. The van der Waals surface area contributed by atoms with Gasteiger partial charge in [0.25, 0.3) is 0 Å². The average Bonchev–Trinajstić information content (AvgIpc) is 2.40. The van der Waals surface area contributed by atoms with Crippen LogP contribution in [0.25, 0.3) is 0 Å². The molecular formula is C14H20BrNO2S. The summed E-state index contributed by atoms with van der Waals surface area (Å²) in [6, 6.07) is 7.78. The fourth-order valence-corrected chi connectivity index (χ4v) is 4.70. The lowest BCUT2D eigenvalue weighted by atomic mass is 10.0. The predicted molar refractivity (Wildman–Crippen MR) is 83.3 cm³/mol. The van der Waals surface area contributed by atoms with Crippen molar-refractivity contribution < 1.29 is 8.42 Å². The maximum atomic E-state index is 12.2. The summed E-state index contributed by atoms with van der Waals surface area (Å²) in [5.41, 5.74) is 0.952. The molecule has 0 atom stereocenters. The van der Waals surface area contributed by atoms with Gasteiger partial charge in [-0.15, -0.1) is 0 Å². The maximum absolute atomic E-state index is 12.2. The highest BCUT2D eigenvalue weighted by Crippen LogP contribution is 2.24. The van der Waals surface area contributed by atoms with Crippen LogP contribution in [0.1, 0.15) is 32.1 Å². The van der Waals surface area contributed by atoms with Gasteiger partial charge in [-0.05, 0) is 31.0 Å². The van der Waals surface area contributed by atoms with Crippen LogP contribution in [0.5, 0.6) is 0 Å². The monoisotopic (exact) mass is 345 g/mol. The zero-order valence-corrected chi connectivity index (χ0v) is 13.3. The third-order valence-corrected chi connectivity index (χ3v) is 6.35. The van der Waals surface area contributed by atoms with Gasteiger partial charge in [0.05, 0.1) is 11.0 Å². The molecule has 0 aliphatic heterocycles. The number of sulfone groups is 1. The van der Waals surface area contributed by atoms with Crippen LogP contribution in [-0.2, 0) is 9.84 Å². The maximum Gasteiger partial charge on any atom is 0.154 e. The lowest BCUT2D eigenvalue weighted by molar-refractivity contribution is 0.484. The Morgan fingerprint density at radius 3 is 2.63 bits per heavy atom. The van der Waals surface area contributed by atoms with Crippen LogP contribution in [0.4, 0.5) is 5.69 Å². The van der Waals surface area contributed by atoms with Gasteiger partial charge in [-0.2, -0.15) is 0 Å². The largest absolute Gasteiger partial charge is 0.384 e. The van der Waals surface area contributed by atoms with Gasteiger partial charge in [0.1, 0.15) is 0 Å². The van der Waals surface area contributed by atoms with Crippen LogP contribution in [-0.4, -0.2) is 26.0 Å². The molecule has 0 radical (unpaired) electrons. The second kappa shape index (κ2) is 6.75. The summed E-state index contributed by atoms with van der Waals surface area (Å²) in [5.74, 6) is 0.226. The smallest absolute Gasteiger partial charge is 0.154 e. The van der Waals surface area contributed by atoms with Gasteiger partial charge in [0.15, 0.2) is 9.84 Å². The fourth-order valence-electron chi connectivity index (χ4n) is 2.53. The Morgan fingerprint density at radius 2 is 1.95 bits per heavy atom. The van der Waals surface area contributed by atoms with E-state index in [1.165, 1.54) is 6.42 Å². The minimum Gasteiger partial charge on any atom is -0.384 e. The first-order valence-electron chi connectivity index (χ1n) is 6.79. The molecular weight excluding hydrogens is 326 g/mol. The number of benzene rings is 1. The third kappa shape index (κ3) is 4.49. The molecule has 5 heteroatoms. The van der Waals surface area contributed by atoms with Crippen molar-refractivity contribution in [3.05, 3.63) is 28.7 Å². The van der Waals surface area contributed by atoms with Crippen molar-refractivity contribution in [3.63, 3.8) is 0 Å². The Morgan fingerprint density at radius 1 is 1.21 bits per heavy atom. The van der Waals surface area contributed by atoms with Crippen molar-refractivity contribution in [2.24, 2.45) is 0 Å². The highest BCUT2D eigenvalue weighted by Gasteiger charge is 2.26. The van der Waals surface area contributed by atoms with E-state index in [0.29, 0.717) is 6.54 Å². The Hall–Kier alpha value is -0.550. The average molecular weight is 346 g/mol. The van der Waals surface area contributed by atoms with Crippen LogP contribution < -0.4 is 5.32 Å². The zero-order chi connectivity index (χ0) is 13.7. The number of anilines is 1. The summed E-state index contributed by atoms with van der Waals surface area (Å²) in [5, 5.41) is 3.07. The summed E-state index contributed by atoms with van der Waals surface area (Å²) in [6.45, 7) is 0.481. The molecule has 1 saturated carbocycles. The van der Waals surface area contributed by atoms with E-state index in [9.17, 15) is 8.42 Å². The molecule has 0 saturated heterocycles. The summed E-state index contributed by atoms with van der Waals surface area (Å²) < 4.78 is 25.4. The highest BCUT2D eigenvalue weighted by molar-refractivity contribution is 9.10. The van der Waals surface area contributed by atoms with Crippen LogP contribution in [0, 0.1) is 0 Å². The molecule has 0 unspecified atom stereocenters. The van der Waals surface area contributed by atoms with Gasteiger partial charge in [0, 0.05) is 16.7 Å². The lowest BCUT2D eigenvalue weighted by Crippen LogP contribution is -2.29. The van der Waals surface area contributed by atoms with Crippen LogP contribution in [0.3, 0.4) is 0 Å². The minimum absolute atomic E-state index is 0.106. The molecule has 1 aromatic carbocycles. The van der Waals surface area contributed by atoms with Crippen LogP contribution in [0.2, 0.25) is 0 Å². The summed E-state index contributed by atoms with van der Waals surface area (Å²) in [7, 11) is -2.94. The lowest BCUT2D eigenvalue weighted by Gasteiger charge is -2.21. The normalized spacial score (nSPS) is 17.3. The van der Waals surface area contributed by atoms with Crippen molar-refractivity contribution in [1.29, 1.82) is 0 Å². The second-order valence-electron chi connectivity index (χ2n) is 5.06. The van der Waals surface area contributed by atoms with Crippen molar-refractivity contribution in [2.45, 2.75) is 37.4 Å². The molecule has 1 aromatic rings. The molecule has 1 aliphatic rings. The predicted octanol–water partition coefficient (Wildman–Crippen LogP) is 3.61. The Labute approximate surface area is 123 Å². The first-order valence-corrected chi connectivity index (χ1v) is 9.30. The number of halogens is 1. The van der Waals surface area contributed by atoms with E-state index in [-0.39, 0.29) is 11.0 Å². The Bertz CT molecular complexity index is 510. The van der Waals surface area contributed by atoms with Crippen molar-refractivity contribution in [2.75, 3.05) is 17.6 Å². The SMILES string of the molecule is O=S(=O)(CCNc1cccc(Br)c1)C1CCCCC1. The van der Waals surface area contributed by atoms with E-state index in [0.717, 1.165) is 35.8 Å². The molecule has 0 amide bonds. The topological polar surface area (TPSA) is 46.2 Å². The molecule has 0 spiro atoms. The van der Waals surface area contributed by atoms with Crippen molar-refractivity contribution in [3.8, 4) is 0 Å². The standard InChI is InChI=1S/C14H20BrNO2S/c15-12-5-4-6-13(11-12)16-9-10-19(17,18)14-7-2-1-3-8-14/h4-6,11,14,16H,1-3,7-10H2. The van der Waals surface area contributed by atoms with E-state index in [2.05, 4.69) is 21.2 Å². The molecule has 0 aromatic heterocycles. The van der Waals surface area contributed by atoms with Gasteiger partial charge in [-0.1, -0.05) is 41.3 Å². The first kappa shape index (κ1) is 14.9. The summed E-state index contributed by atoms with van der Waals surface area (Å²) >= 11 is 3.40. The van der Waals surface area contributed by atoms with E-state index < -0.39 is 9.84 Å². The second-order valence-corrected chi connectivity index (χ2v) is 8.38. The zero-order valence-electron chi connectivity index (χ0n) is 10.9. The number of nitrogens with one attached hydrogen (secondary N) is 1. The minimum atomic E-state index is -2.94. The fraction of sp³-hybridized carbons (Fsp3) is 0.571. The third-order valence-electron chi connectivity index (χ3n) is 3.60. The molecule has 106 valence electrons. The number of hydrogen-bond acceptors (Lipinski definition) is 3. The van der Waals surface area contributed by atoms with Crippen LogP contribution in [0.15, 0.2) is 28.7 Å². The van der Waals surface area contributed by atoms with Gasteiger partial charge in [-0.25, -0.2) is 8.42 Å². The Kier molecular flexibility index (Phi) is 5.28. The van der Waals surface area contributed by atoms with Crippen LogP contribution >= 0.6 is 15.9 Å². The molecule has 0 heterocycles. The molecule has 3 nitrogen and oxygen atoms in total. The van der Waals surface area contributed by atoms with Crippen molar-refractivity contribution in [1.82, 2.24) is 0 Å². The van der Waals surface area contributed by atoms with Gasteiger partial charge >= 0.3 is 0 Å². The van der Waals surface area contributed by atoms with E-state index in [4.69, 9.17) is 0 Å². The van der Waals surface area contributed by atoms with E-state index >= 15 is 0 Å². The molecule has 19 heavy (non-hydrogen) atoms. The quantitative estimate of drug-likeness (QED) is 0.886. The molecule has 1 N–H and O–H groups in total. The molecule has 1 aliphatic carbocycles. The number of hydrogen-bond donors (Lipinski definition) is 1. The molecule has 2 rings (SSSR count). The summed E-state index contributed by atoms with van der Waals surface area (Å²) in [4.78, 5) is 0. The Balaban J connectivity index is 1.84. The van der Waals surface area contributed by atoms with E-state index in [1.807, 2.05) is 24.3 Å². The van der Waals surface area contributed by atoms with Gasteiger partial charge in [-0.3, -0.25) is 0 Å².